The predicted molar refractivity (Wildman–Crippen MR) is 217 cm³/mol. The molecule has 0 radical (unpaired) electrons. The first-order valence-corrected chi connectivity index (χ1v) is 22.0. The molecule has 0 spiro atoms. The molecular weight excluding hydrogens is 681 g/mol. The van der Waals surface area contributed by atoms with Crippen molar-refractivity contribution in [3.63, 3.8) is 0 Å². The summed E-state index contributed by atoms with van der Waals surface area (Å²) in [6.45, 7) is 13.3. The fourth-order valence-corrected chi connectivity index (χ4v) is 6.53. The van der Waals surface area contributed by atoms with Gasteiger partial charge in [-0.2, -0.15) is 0 Å². The van der Waals surface area contributed by atoms with Gasteiger partial charge in [0, 0.05) is 26.1 Å². The molecule has 0 fully saturated rings. The minimum absolute atomic E-state index is 0.134. The van der Waals surface area contributed by atoms with Gasteiger partial charge < -0.3 is 24.8 Å². The molecule has 53 heavy (non-hydrogen) atoms. The maximum atomic E-state index is 13.3. The van der Waals surface area contributed by atoms with E-state index in [-0.39, 0.29) is 24.7 Å². The minimum atomic E-state index is -1.25. The van der Waals surface area contributed by atoms with Crippen molar-refractivity contribution in [3.05, 3.63) is 125 Å². The van der Waals surface area contributed by atoms with E-state index in [1.807, 2.05) is 102 Å². The number of carbonyl (C=O) groups excluding carboxylic acids is 2. The van der Waals surface area contributed by atoms with Crippen molar-refractivity contribution in [1.29, 1.82) is 0 Å². The maximum Gasteiger partial charge on any atom is 0.310 e. The lowest BCUT2D eigenvalue weighted by molar-refractivity contribution is -0.141. The summed E-state index contributed by atoms with van der Waals surface area (Å²) in [4.78, 5) is 30.6. The largest absolute Gasteiger partial charge is 0.466 e. The molecule has 0 aliphatic heterocycles. The van der Waals surface area contributed by atoms with Crippen molar-refractivity contribution in [2.24, 2.45) is 0 Å². The highest BCUT2D eigenvalue weighted by atomic mass is 28.3. The van der Waals surface area contributed by atoms with Crippen molar-refractivity contribution >= 4 is 53.9 Å². The van der Waals surface area contributed by atoms with Gasteiger partial charge in [-0.15, -0.1) is 0 Å². The van der Waals surface area contributed by atoms with Gasteiger partial charge in [0.2, 0.25) is 11.9 Å². The molecule has 0 aliphatic carbocycles. The SMILES string of the molecule is CCOC(=O)C/C(=C/CCOCc1ccccc1)c1ccc(NC(=O)Cc2ccc3nc(Nc4ccccc4C)n(COCC[Si](C)(C)C)c3c2)cc1. The number of aryl methyl sites for hydroxylation is 1. The number of hydrogen-bond acceptors (Lipinski definition) is 7. The first-order valence-electron chi connectivity index (χ1n) is 18.3. The van der Waals surface area contributed by atoms with Crippen LogP contribution in [0.1, 0.15) is 42.0 Å². The molecule has 0 aliphatic rings. The van der Waals surface area contributed by atoms with Crippen molar-refractivity contribution in [2.45, 2.75) is 72.1 Å². The van der Waals surface area contributed by atoms with E-state index in [0.29, 0.717) is 51.2 Å². The summed E-state index contributed by atoms with van der Waals surface area (Å²) in [5, 5.41) is 6.53. The van der Waals surface area contributed by atoms with E-state index in [9.17, 15) is 9.59 Å². The third kappa shape index (κ3) is 12.3. The van der Waals surface area contributed by atoms with E-state index in [1.165, 1.54) is 0 Å². The number of para-hydroxylation sites is 1. The number of anilines is 3. The Morgan fingerprint density at radius 1 is 0.868 bits per heavy atom. The van der Waals surface area contributed by atoms with Crippen LogP contribution in [0.4, 0.5) is 17.3 Å². The average Bonchev–Trinajstić information content (AvgIpc) is 3.46. The van der Waals surface area contributed by atoms with Crippen LogP contribution in [0.5, 0.6) is 0 Å². The summed E-state index contributed by atoms with van der Waals surface area (Å²) in [5.41, 5.74) is 8.22. The van der Waals surface area contributed by atoms with Crippen molar-refractivity contribution in [3.8, 4) is 0 Å². The quantitative estimate of drug-likeness (QED) is 0.0495. The molecule has 5 aromatic rings. The number of rotatable bonds is 19. The molecule has 1 heterocycles. The number of hydrogen-bond donors (Lipinski definition) is 2. The van der Waals surface area contributed by atoms with Crippen LogP contribution in [0, 0.1) is 6.92 Å². The van der Waals surface area contributed by atoms with Gasteiger partial charge in [-0.1, -0.05) is 92.4 Å². The van der Waals surface area contributed by atoms with Gasteiger partial charge in [-0.25, -0.2) is 4.98 Å². The van der Waals surface area contributed by atoms with E-state index < -0.39 is 8.07 Å². The van der Waals surface area contributed by atoms with Gasteiger partial charge in [-0.05, 0) is 84.5 Å². The fraction of sp³-hybridized carbons (Fsp3) is 0.326. The van der Waals surface area contributed by atoms with E-state index in [4.69, 9.17) is 19.2 Å². The maximum absolute atomic E-state index is 13.3. The van der Waals surface area contributed by atoms with Crippen molar-refractivity contribution in [1.82, 2.24) is 9.55 Å². The molecule has 0 saturated carbocycles. The second-order valence-electron chi connectivity index (χ2n) is 14.3. The Morgan fingerprint density at radius 3 is 2.36 bits per heavy atom. The summed E-state index contributed by atoms with van der Waals surface area (Å²) < 4.78 is 19.3. The Morgan fingerprint density at radius 2 is 1.62 bits per heavy atom. The minimum Gasteiger partial charge on any atom is -0.466 e. The van der Waals surface area contributed by atoms with Gasteiger partial charge in [-0.3, -0.25) is 14.2 Å². The molecule has 5 rings (SSSR count). The highest BCUT2D eigenvalue weighted by molar-refractivity contribution is 6.76. The predicted octanol–water partition coefficient (Wildman–Crippen LogP) is 9.53. The Bertz CT molecular complexity index is 1980. The van der Waals surface area contributed by atoms with Crippen molar-refractivity contribution in [2.75, 3.05) is 30.5 Å². The number of nitrogens with zero attached hydrogens (tertiary/aromatic N) is 2. The molecule has 0 atom stereocenters. The van der Waals surface area contributed by atoms with Crippen LogP contribution < -0.4 is 10.6 Å². The number of esters is 1. The molecule has 10 heteroatoms. The molecule has 0 bridgehead atoms. The van der Waals surface area contributed by atoms with Gasteiger partial charge in [0.15, 0.2) is 0 Å². The summed E-state index contributed by atoms with van der Waals surface area (Å²) in [6.07, 6.45) is 3.02. The summed E-state index contributed by atoms with van der Waals surface area (Å²) in [6, 6.07) is 32.7. The number of imidazole rings is 1. The zero-order chi connectivity index (χ0) is 37.6. The number of benzene rings is 4. The fourth-order valence-electron chi connectivity index (χ4n) is 5.77. The Kier molecular flexibility index (Phi) is 14.2. The highest BCUT2D eigenvalue weighted by Crippen LogP contribution is 2.27. The molecule has 0 saturated heterocycles. The molecule has 1 amide bonds. The molecule has 2 N–H and O–H groups in total. The standard InChI is InChI=1S/C43H52N4O5Si/c1-6-52-42(49)29-36(16-12-24-50-30-33-14-8-7-9-15-33)35-19-21-37(22-20-35)44-41(48)28-34-18-23-39-40(27-34)47(31-51-25-26-53(3,4)5)43(46-39)45-38-17-11-10-13-32(38)2/h7-11,13-23,27H,6,12,24-26,28-31H2,1-5H3,(H,44,48)(H,45,46)/b36-16-. The normalized spacial score (nSPS) is 11.8. The van der Waals surface area contributed by atoms with Crippen LogP contribution in [0.15, 0.2) is 103 Å². The smallest absolute Gasteiger partial charge is 0.310 e. The Hall–Kier alpha value is -5.03. The molecular formula is C43H52N4O5Si. The second kappa shape index (κ2) is 19.2. The van der Waals surface area contributed by atoms with Crippen LogP contribution in [0.2, 0.25) is 25.7 Å². The highest BCUT2D eigenvalue weighted by Gasteiger charge is 2.16. The molecule has 0 unspecified atom stereocenters. The topological polar surface area (TPSA) is 104 Å². The summed E-state index contributed by atoms with van der Waals surface area (Å²) in [7, 11) is -1.25. The number of ether oxygens (including phenoxy) is 3. The molecule has 1 aromatic heterocycles. The lowest BCUT2D eigenvalue weighted by Gasteiger charge is -2.17. The second-order valence-corrected chi connectivity index (χ2v) is 19.9. The Balaban J connectivity index is 1.25. The van der Waals surface area contributed by atoms with Gasteiger partial charge in [0.25, 0.3) is 0 Å². The van der Waals surface area contributed by atoms with Crippen LogP contribution in [-0.4, -0.2) is 49.3 Å². The summed E-state index contributed by atoms with van der Waals surface area (Å²) in [5.74, 6) is 0.279. The van der Waals surface area contributed by atoms with Gasteiger partial charge in [0.1, 0.15) is 6.73 Å². The van der Waals surface area contributed by atoms with E-state index >= 15 is 0 Å². The van der Waals surface area contributed by atoms with Gasteiger partial charge in [0.05, 0.1) is 43.7 Å². The third-order valence-electron chi connectivity index (χ3n) is 8.73. The average molecular weight is 733 g/mol. The lowest BCUT2D eigenvalue weighted by atomic mass is 10.0. The number of nitrogens with one attached hydrogen (secondary N) is 2. The number of amides is 1. The van der Waals surface area contributed by atoms with Crippen molar-refractivity contribution < 1.29 is 23.8 Å². The van der Waals surface area contributed by atoms with Crippen LogP contribution in [-0.2, 0) is 43.6 Å². The third-order valence-corrected chi connectivity index (χ3v) is 10.4. The first kappa shape index (κ1) is 39.2. The van der Waals surface area contributed by atoms with E-state index in [1.54, 1.807) is 6.92 Å². The van der Waals surface area contributed by atoms with Crippen LogP contribution in [0.25, 0.3) is 16.6 Å². The van der Waals surface area contributed by atoms with E-state index in [2.05, 4.69) is 43.3 Å². The zero-order valence-corrected chi connectivity index (χ0v) is 32.6. The van der Waals surface area contributed by atoms with Crippen LogP contribution >= 0.6 is 0 Å². The molecule has 278 valence electrons. The zero-order valence-electron chi connectivity index (χ0n) is 31.6. The molecule has 4 aromatic carbocycles. The molecule has 9 nitrogen and oxygen atoms in total. The number of aromatic nitrogens is 2. The van der Waals surface area contributed by atoms with Crippen LogP contribution in [0.3, 0.4) is 0 Å². The summed E-state index contributed by atoms with van der Waals surface area (Å²) >= 11 is 0. The lowest BCUT2D eigenvalue weighted by Crippen LogP contribution is -2.22. The first-order chi connectivity index (χ1) is 25.6. The monoisotopic (exact) mass is 732 g/mol. The number of carbonyl (C=O) groups is 2. The van der Waals surface area contributed by atoms with E-state index in [0.717, 1.165) is 50.6 Å². The van der Waals surface area contributed by atoms with Gasteiger partial charge >= 0.3 is 5.97 Å². The Labute approximate surface area is 314 Å². The number of fused-ring (bicyclic) bond motifs is 1.